The maximum absolute atomic E-state index is 4.25. The minimum atomic E-state index is 1.00. The van der Waals surface area contributed by atoms with Gasteiger partial charge in [-0.25, -0.2) is 0 Å². The van der Waals surface area contributed by atoms with Crippen molar-refractivity contribution in [3.05, 3.63) is 267 Å². The fraction of sp³-hybridized carbons (Fsp3) is 0.0159. The van der Waals surface area contributed by atoms with Crippen molar-refractivity contribution in [2.75, 3.05) is 4.90 Å². The minimum absolute atomic E-state index is 1.00. The highest BCUT2D eigenvalue weighted by Crippen LogP contribution is 2.43. The van der Waals surface area contributed by atoms with E-state index in [9.17, 15) is 0 Å². The number of allylic oxidation sites excluding steroid dienone is 4. The normalized spacial score (nSPS) is 12.0. The van der Waals surface area contributed by atoms with Gasteiger partial charge in [-0.15, -0.1) is 0 Å². The molecule has 11 rings (SSSR count). The summed E-state index contributed by atoms with van der Waals surface area (Å²) in [5.74, 6) is 0. The van der Waals surface area contributed by atoms with Crippen molar-refractivity contribution < 1.29 is 0 Å². The lowest BCUT2D eigenvalue weighted by molar-refractivity contribution is 1.19. The van der Waals surface area contributed by atoms with Gasteiger partial charge in [0.25, 0.3) is 0 Å². The van der Waals surface area contributed by atoms with Crippen molar-refractivity contribution in [1.82, 2.24) is 4.57 Å². The Kier molecular flexibility index (Phi) is 10.3. The van der Waals surface area contributed by atoms with Gasteiger partial charge in [-0.2, -0.15) is 0 Å². The number of hydrogen-bond acceptors (Lipinski definition) is 1. The lowest BCUT2D eigenvalue weighted by Gasteiger charge is -2.27. The van der Waals surface area contributed by atoms with Crippen molar-refractivity contribution in [3.8, 4) is 39.1 Å². The topological polar surface area (TPSA) is 8.17 Å². The molecule has 0 radical (unpaired) electrons. The molecule has 10 aromatic carbocycles. The number of benzene rings is 10. The number of rotatable bonds is 10. The summed E-state index contributed by atoms with van der Waals surface area (Å²) < 4.78 is 2.44. The SMILES string of the molecule is C=C/C=C(\C=C(/C)c1cc2ccccc2c2c1c1ccccc1n2-c1ccccc1)N(c1ccc(-c2ccc3ccccc3c2)cc1)c1ccc(-c2ccccc2-c2ccccc2)cc1. The highest BCUT2D eigenvalue weighted by molar-refractivity contribution is 6.22. The Hall–Kier alpha value is -8.46. The van der Waals surface area contributed by atoms with E-state index in [1.54, 1.807) is 0 Å². The second-order valence-electron chi connectivity index (χ2n) is 16.6. The van der Waals surface area contributed by atoms with E-state index in [0.29, 0.717) is 0 Å². The van der Waals surface area contributed by atoms with Crippen LogP contribution in [0.2, 0.25) is 0 Å². The van der Waals surface area contributed by atoms with E-state index >= 15 is 0 Å². The lowest BCUT2D eigenvalue weighted by atomic mass is 9.94. The van der Waals surface area contributed by atoms with E-state index in [0.717, 1.165) is 33.9 Å². The number of aromatic nitrogens is 1. The summed E-state index contributed by atoms with van der Waals surface area (Å²) in [6.07, 6.45) is 6.36. The van der Waals surface area contributed by atoms with Crippen molar-refractivity contribution in [3.63, 3.8) is 0 Å². The molecule has 308 valence electrons. The first-order valence-electron chi connectivity index (χ1n) is 22.3. The molecule has 2 nitrogen and oxygen atoms in total. The summed E-state index contributed by atoms with van der Waals surface area (Å²) in [6, 6.07) is 83.2. The number of hydrogen-bond donors (Lipinski definition) is 0. The van der Waals surface area contributed by atoms with Gasteiger partial charge in [0.1, 0.15) is 0 Å². The molecule has 0 amide bonds. The largest absolute Gasteiger partial charge is 0.310 e. The van der Waals surface area contributed by atoms with Crippen LogP contribution in [0.5, 0.6) is 0 Å². The van der Waals surface area contributed by atoms with E-state index in [4.69, 9.17) is 0 Å². The predicted molar refractivity (Wildman–Crippen MR) is 279 cm³/mol. The van der Waals surface area contributed by atoms with Crippen LogP contribution in [-0.2, 0) is 0 Å². The van der Waals surface area contributed by atoms with Crippen LogP contribution >= 0.6 is 0 Å². The van der Waals surface area contributed by atoms with Crippen LogP contribution in [0.1, 0.15) is 12.5 Å². The van der Waals surface area contributed by atoms with Crippen molar-refractivity contribution in [1.29, 1.82) is 0 Å². The Morgan fingerprint density at radius 3 is 1.69 bits per heavy atom. The summed E-state index contributed by atoms with van der Waals surface area (Å²) in [5.41, 5.74) is 16.1. The molecule has 0 N–H and O–H groups in total. The second-order valence-corrected chi connectivity index (χ2v) is 16.6. The molecular weight excluding hydrogens is 785 g/mol. The molecule has 0 aliphatic heterocycles. The maximum Gasteiger partial charge on any atom is 0.0625 e. The molecule has 11 aromatic rings. The fourth-order valence-corrected chi connectivity index (χ4v) is 9.61. The van der Waals surface area contributed by atoms with Crippen LogP contribution in [0.25, 0.3) is 88.0 Å². The van der Waals surface area contributed by atoms with Gasteiger partial charge in [0.15, 0.2) is 0 Å². The number of anilines is 2. The molecular formula is C63H46N2. The van der Waals surface area contributed by atoms with E-state index in [-0.39, 0.29) is 0 Å². The minimum Gasteiger partial charge on any atom is -0.310 e. The molecule has 1 heterocycles. The molecule has 0 aliphatic rings. The second kappa shape index (κ2) is 17.0. The van der Waals surface area contributed by atoms with E-state index < -0.39 is 0 Å². The molecule has 65 heavy (non-hydrogen) atoms. The van der Waals surface area contributed by atoms with Gasteiger partial charge in [0.05, 0.1) is 11.0 Å². The summed E-state index contributed by atoms with van der Waals surface area (Å²) >= 11 is 0. The summed E-state index contributed by atoms with van der Waals surface area (Å²) in [5, 5.41) is 7.36. The first kappa shape index (κ1) is 39.4. The van der Waals surface area contributed by atoms with Gasteiger partial charge >= 0.3 is 0 Å². The van der Waals surface area contributed by atoms with E-state index in [2.05, 4.69) is 266 Å². The molecule has 0 spiro atoms. The summed E-state index contributed by atoms with van der Waals surface area (Å²) in [7, 11) is 0. The first-order valence-corrected chi connectivity index (χ1v) is 22.3. The van der Waals surface area contributed by atoms with E-state index in [1.165, 1.54) is 76.7 Å². The van der Waals surface area contributed by atoms with Gasteiger partial charge in [-0.3, -0.25) is 0 Å². The van der Waals surface area contributed by atoms with Gasteiger partial charge in [-0.1, -0.05) is 189 Å². The third-order valence-electron chi connectivity index (χ3n) is 12.7. The Morgan fingerprint density at radius 2 is 1.00 bits per heavy atom. The summed E-state index contributed by atoms with van der Waals surface area (Å²) in [4.78, 5) is 2.35. The number of fused-ring (bicyclic) bond motifs is 6. The summed E-state index contributed by atoms with van der Waals surface area (Å²) in [6.45, 7) is 6.50. The Bertz CT molecular complexity index is 3590. The third kappa shape index (κ3) is 7.31. The highest BCUT2D eigenvalue weighted by atomic mass is 15.1. The molecule has 2 heteroatoms. The molecule has 0 aliphatic carbocycles. The van der Waals surface area contributed by atoms with Gasteiger partial charge in [0, 0.05) is 38.9 Å². The number of para-hydroxylation sites is 2. The first-order chi connectivity index (χ1) is 32.1. The lowest BCUT2D eigenvalue weighted by Crippen LogP contribution is -2.15. The van der Waals surface area contributed by atoms with Crippen LogP contribution in [0.15, 0.2) is 261 Å². The maximum atomic E-state index is 4.25. The van der Waals surface area contributed by atoms with Crippen LogP contribution in [0.4, 0.5) is 11.4 Å². The zero-order valence-electron chi connectivity index (χ0n) is 36.3. The average Bonchev–Trinajstić information content (AvgIpc) is 3.73. The van der Waals surface area contributed by atoms with Crippen LogP contribution in [0, 0.1) is 0 Å². The fourth-order valence-electron chi connectivity index (χ4n) is 9.61. The van der Waals surface area contributed by atoms with Gasteiger partial charge in [-0.05, 0) is 134 Å². The number of nitrogens with zero attached hydrogens (tertiary/aromatic N) is 2. The zero-order chi connectivity index (χ0) is 43.7. The molecule has 0 fully saturated rings. The molecule has 0 atom stereocenters. The van der Waals surface area contributed by atoms with Crippen molar-refractivity contribution in [2.24, 2.45) is 0 Å². The van der Waals surface area contributed by atoms with Gasteiger partial charge in [0.2, 0.25) is 0 Å². The third-order valence-corrected chi connectivity index (χ3v) is 12.7. The van der Waals surface area contributed by atoms with Crippen LogP contribution < -0.4 is 4.90 Å². The average molecular weight is 831 g/mol. The Balaban J connectivity index is 1.08. The van der Waals surface area contributed by atoms with Crippen LogP contribution in [0.3, 0.4) is 0 Å². The standard InChI is InChI=1S/C63H46N2/c1-3-18-55(41-44(2)60-43-51-23-12-13-28-58(51)63-62(60)59-29-16-17-30-61(59)65(63)52-24-8-5-9-25-52)64(53-37-33-46(34-38-53)50-32-31-45-19-10-11-22-49(45)42-50)54-39-35-48(36-40-54)57-27-15-14-26-56(57)47-20-6-4-7-21-47/h3-43H,1H2,2H3/b44-41+,55-18+. The Labute approximate surface area is 380 Å². The zero-order valence-corrected chi connectivity index (χ0v) is 36.3. The molecule has 0 saturated heterocycles. The van der Waals surface area contributed by atoms with Crippen molar-refractivity contribution >= 4 is 60.3 Å². The monoisotopic (exact) mass is 830 g/mol. The molecule has 1 aromatic heterocycles. The molecule has 0 bridgehead atoms. The predicted octanol–water partition coefficient (Wildman–Crippen LogP) is 17.4. The highest BCUT2D eigenvalue weighted by Gasteiger charge is 2.21. The molecule has 0 unspecified atom stereocenters. The quantitative estimate of drug-likeness (QED) is 0.125. The smallest absolute Gasteiger partial charge is 0.0625 e. The Morgan fingerprint density at radius 1 is 0.462 bits per heavy atom. The van der Waals surface area contributed by atoms with Gasteiger partial charge < -0.3 is 9.47 Å². The van der Waals surface area contributed by atoms with Crippen LogP contribution in [-0.4, -0.2) is 4.57 Å². The molecule has 0 saturated carbocycles. The van der Waals surface area contributed by atoms with E-state index in [1.807, 2.05) is 6.08 Å². The van der Waals surface area contributed by atoms with Crippen molar-refractivity contribution in [2.45, 2.75) is 6.92 Å².